The van der Waals surface area contributed by atoms with Crippen LogP contribution < -0.4 is 5.73 Å². The maximum absolute atomic E-state index is 11.4. The van der Waals surface area contributed by atoms with Crippen molar-refractivity contribution in [3.05, 3.63) is 30.5 Å². The number of hydrogen-bond acceptors (Lipinski definition) is 5. The van der Waals surface area contributed by atoms with E-state index in [0.717, 1.165) is 16.4 Å². The number of pyridine rings is 1. The number of sulfone groups is 1. The van der Waals surface area contributed by atoms with Crippen molar-refractivity contribution in [3.8, 4) is 0 Å². The number of aryl methyl sites for hydroxylation is 1. The zero-order valence-corrected chi connectivity index (χ0v) is 11.8. The molecule has 20 heavy (non-hydrogen) atoms. The molecule has 0 saturated heterocycles. The van der Waals surface area contributed by atoms with Crippen LogP contribution in [0.15, 0.2) is 30.5 Å². The van der Waals surface area contributed by atoms with Crippen LogP contribution in [0.4, 0.5) is 5.95 Å². The van der Waals surface area contributed by atoms with Crippen molar-refractivity contribution in [3.63, 3.8) is 0 Å². The molecule has 0 aliphatic rings. The Labute approximate surface area is 116 Å². The first-order chi connectivity index (χ1) is 9.46. The Morgan fingerprint density at radius 3 is 2.75 bits per heavy atom. The fourth-order valence-corrected chi connectivity index (χ4v) is 2.78. The summed E-state index contributed by atoms with van der Waals surface area (Å²) in [6.45, 7) is 0.287. The highest BCUT2D eigenvalue weighted by Gasteiger charge is 2.13. The summed E-state index contributed by atoms with van der Waals surface area (Å²) in [6.07, 6.45) is 2.87. The number of nitrogens with two attached hydrogens (primary N) is 1. The third-order valence-corrected chi connectivity index (χ3v) is 4.12. The van der Waals surface area contributed by atoms with E-state index in [1.807, 2.05) is 24.3 Å². The van der Waals surface area contributed by atoms with Gasteiger partial charge in [-0.1, -0.05) is 18.2 Å². The van der Waals surface area contributed by atoms with E-state index in [1.165, 1.54) is 6.26 Å². The van der Waals surface area contributed by atoms with Crippen LogP contribution in [0.3, 0.4) is 0 Å². The summed E-state index contributed by atoms with van der Waals surface area (Å²) in [5.41, 5.74) is 8.24. The van der Waals surface area contributed by atoms with Gasteiger partial charge in [0.25, 0.3) is 0 Å². The van der Waals surface area contributed by atoms with Crippen LogP contribution in [-0.4, -0.2) is 35.0 Å². The van der Waals surface area contributed by atoms with E-state index in [2.05, 4.69) is 9.97 Å². The molecule has 6 nitrogen and oxygen atoms in total. The molecule has 0 spiro atoms. The molecule has 0 aliphatic carbocycles. The van der Waals surface area contributed by atoms with E-state index in [4.69, 9.17) is 5.73 Å². The molecule has 2 heterocycles. The van der Waals surface area contributed by atoms with Gasteiger partial charge in [-0.2, -0.15) is 0 Å². The molecule has 0 atom stereocenters. The molecule has 0 unspecified atom stereocenters. The van der Waals surface area contributed by atoms with Crippen molar-refractivity contribution in [2.24, 2.45) is 0 Å². The largest absolute Gasteiger partial charge is 0.369 e. The van der Waals surface area contributed by atoms with Gasteiger partial charge in [0.1, 0.15) is 15.4 Å². The Morgan fingerprint density at radius 1 is 1.25 bits per heavy atom. The predicted octanol–water partition coefficient (Wildman–Crippen LogP) is 1.21. The van der Waals surface area contributed by atoms with Crippen LogP contribution in [0.2, 0.25) is 0 Å². The fourth-order valence-electron chi connectivity index (χ4n) is 2.26. The monoisotopic (exact) mass is 290 g/mol. The zero-order valence-electron chi connectivity index (χ0n) is 10.9. The van der Waals surface area contributed by atoms with Gasteiger partial charge in [-0.3, -0.25) is 4.98 Å². The summed E-state index contributed by atoms with van der Waals surface area (Å²) >= 11 is 0. The summed E-state index contributed by atoms with van der Waals surface area (Å²) in [4.78, 5) is 8.57. The van der Waals surface area contributed by atoms with Gasteiger partial charge in [-0.05, 0) is 6.07 Å². The maximum Gasteiger partial charge on any atom is 0.201 e. The standard InChI is InChI=1S/C13H14N4O2S/c1-20(18,19)7-6-17-12-9-4-2-3-5-10(9)15-8-11(12)16-13(17)14/h2-5,8H,6-7H2,1H3,(H2,14,16). The number of para-hydroxylation sites is 1. The maximum atomic E-state index is 11.4. The third kappa shape index (κ3) is 2.20. The first kappa shape index (κ1) is 12.9. The first-order valence-corrected chi connectivity index (χ1v) is 8.19. The van der Waals surface area contributed by atoms with Crippen molar-refractivity contribution in [2.75, 3.05) is 17.7 Å². The summed E-state index contributed by atoms with van der Waals surface area (Å²) < 4.78 is 24.4. The number of rotatable bonds is 3. The lowest BCUT2D eigenvalue weighted by atomic mass is 10.2. The van der Waals surface area contributed by atoms with Crippen LogP contribution in [0, 0.1) is 0 Å². The Balaban J connectivity index is 2.24. The highest BCUT2D eigenvalue weighted by Crippen LogP contribution is 2.25. The van der Waals surface area contributed by atoms with Crippen molar-refractivity contribution in [2.45, 2.75) is 6.54 Å². The van der Waals surface area contributed by atoms with Crippen molar-refractivity contribution >= 4 is 37.7 Å². The summed E-state index contributed by atoms with van der Waals surface area (Å²) in [5, 5.41) is 0.919. The average molecular weight is 290 g/mol. The lowest BCUT2D eigenvalue weighted by Crippen LogP contribution is -2.13. The van der Waals surface area contributed by atoms with Crippen LogP contribution in [0.5, 0.6) is 0 Å². The molecule has 0 amide bonds. The highest BCUT2D eigenvalue weighted by molar-refractivity contribution is 7.90. The molecular weight excluding hydrogens is 276 g/mol. The minimum absolute atomic E-state index is 0.0271. The van der Waals surface area contributed by atoms with E-state index in [1.54, 1.807) is 10.8 Å². The molecule has 2 N–H and O–H groups in total. The summed E-state index contributed by atoms with van der Waals surface area (Å²) in [7, 11) is -3.06. The topological polar surface area (TPSA) is 90.9 Å². The van der Waals surface area contributed by atoms with Gasteiger partial charge in [0.2, 0.25) is 5.95 Å². The Kier molecular flexibility index (Phi) is 2.86. The predicted molar refractivity (Wildman–Crippen MR) is 79.2 cm³/mol. The third-order valence-electron chi connectivity index (χ3n) is 3.19. The second-order valence-electron chi connectivity index (χ2n) is 4.76. The van der Waals surface area contributed by atoms with Crippen LogP contribution >= 0.6 is 0 Å². The van der Waals surface area contributed by atoms with E-state index in [0.29, 0.717) is 11.5 Å². The summed E-state index contributed by atoms with van der Waals surface area (Å²) in [6, 6.07) is 7.65. The van der Waals surface area contributed by atoms with Gasteiger partial charge in [0.15, 0.2) is 0 Å². The average Bonchev–Trinajstić information content (AvgIpc) is 2.71. The van der Waals surface area contributed by atoms with Gasteiger partial charge < -0.3 is 10.3 Å². The van der Waals surface area contributed by atoms with E-state index in [-0.39, 0.29) is 12.3 Å². The SMILES string of the molecule is CS(=O)(=O)CCn1c(N)nc2cnc3ccccc3c21. The fraction of sp³-hybridized carbons (Fsp3) is 0.231. The highest BCUT2D eigenvalue weighted by atomic mass is 32.2. The van der Waals surface area contributed by atoms with Crippen molar-refractivity contribution in [1.82, 2.24) is 14.5 Å². The number of nitrogens with zero attached hydrogens (tertiary/aromatic N) is 3. The van der Waals surface area contributed by atoms with Crippen LogP contribution in [0.25, 0.3) is 21.9 Å². The van der Waals surface area contributed by atoms with Crippen LogP contribution in [-0.2, 0) is 16.4 Å². The minimum atomic E-state index is -3.06. The van der Waals surface area contributed by atoms with E-state index in [9.17, 15) is 8.42 Å². The second-order valence-corrected chi connectivity index (χ2v) is 7.02. The number of fused-ring (bicyclic) bond motifs is 3. The molecule has 3 aromatic rings. The number of hydrogen-bond donors (Lipinski definition) is 1. The van der Waals surface area contributed by atoms with Gasteiger partial charge in [0, 0.05) is 18.2 Å². The minimum Gasteiger partial charge on any atom is -0.369 e. The second kappa shape index (κ2) is 4.45. The molecule has 0 radical (unpaired) electrons. The molecular formula is C13H14N4O2S. The molecule has 0 fully saturated rings. The summed E-state index contributed by atoms with van der Waals surface area (Å²) in [5.74, 6) is 0.334. The molecule has 0 aliphatic heterocycles. The Morgan fingerprint density at radius 2 is 2.00 bits per heavy atom. The molecule has 7 heteroatoms. The van der Waals surface area contributed by atoms with Crippen LogP contribution in [0.1, 0.15) is 0 Å². The normalized spacial score (nSPS) is 12.2. The number of aromatic nitrogens is 3. The first-order valence-electron chi connectivity index (χ1n) is 6.13. The van der Waals surface area contributed by atoms with Gasteiger partial charge in [-0.25, -0.2) is 13.4 Å². The Bertz CT molecular complexity index is 899. The number of anilines is 1. The van der Waals surface area contributed by atoms with E-state index < -0.39 is 9.84 Å². The molecule has 0 bridgehead atoms. The lowest BCUT2D eigenvalue weighted by molar-refractivity contribution is 0.596. The number of nitrogen functional groups attached to an aromatic ring is 1. The van der Waals surface area contributed by atoms with Gasteiger partial charge in [-0.15, -0.1) is 0 Å². The molecule has 0 saturated carbocycles. The smallest absolute Gasteiger partial charge is 0.201 e. The van der Waals surface area contributed by atoms with Gasteiger partial charge in [0.05, 0.1) is 23.0 Å². The number of imidazole rings is 1. The van der Waals surface area contributed by atoms with Gasteiger partial charge >= 0.3 is 0 Å². The Hall–Kier alpha value is -2.15. The van der Waals surface area contributed by atoms with Crippen molar-refractivity contribution in [1.29, 1.82) is 0 Å². The zero-order chi connectivity index (χ0) is 14.3. The quantitative estimate of drug-likeness (QED) is 0.783. The molecule has 2 aromatic heterocycles. The van der Waals surface area contributed by atoms with Crippen molar-refractivity contribution < 1.29 is 8.42 Å². The molecule has 104 valence electrons. The lowest BCUT2D eigenvalue weighted by Gasteiger charge is -2.07. The van der Waals surface area contributed by atoms with E-state index >= 15 is 0 Å². The number of benzene rings is 1. The molecule has 1 aromatic carbocycles. The molecule has 3 rings (SSSR count).